The van der Waals surface area contributed by atoms with Crippen molar-refractivity contribution >= 4 is 38.6 Å². The fraction of sp³-hybridized carbons (Fsp3) is 0.545. The molecule has 2 rings (SSSR count). The highest BCUT2D eigenvalue weighted by atomic mass is 28.3. The van der Waals surface area contributed by atoms with Crippen LogP contribution < -0.4 is 9.96 Å². The normalized spacial score (nSPS) is 13.8. The Bertz CT molecular complexity index is 781. The zero-order valence-corrected chi connectivity index (χ0v) is 20.5. The third-order valence-corrected chi connectivity index (χ3v) is 15.8. The van der Waals surface area contributed by atoms with Crippen molar-refractivity contribution in [3.05, 3.63) is 36.4 Å². The quantitative estimate of drug-likeness (QED) is 0.527. The molecule has 0 unspecified atom stereocenters. The zero-order valence-electron chi connectivity index (χ0n) is 18.5. The second-order valence-electron chi connectivity index (χ2n) is 10.7. The Labute approximate surface area is 163 Å². The Morgan fingerprint density at radius 3 is 1.69 bits per heavy atom. The molecule has 2 N–H and O–H groups in total. The number of nitrogens with one attached hydrogen (secondary N) is 2. The molecule has 0 aromatic heterocycles. The second kappa shape index (κ2) is 6.72. The number of benzene rings is 2. The number of hydrogen-bond acceptors (Lipinski definition) is 2. The lowest BCUT2D eigenvalue weighted by atomic mass is 10.1. The van der Waals surface area contributed by atoms with Crippen molar-refractivity contribution in [1.82, 2.24) is 0 Å². The molecule has 2 aromatic carbocycles. The highest BCUT2D eigenvalue weighted by Crippen LogP contribution is 2.43. The molecule has 0 fully saturated rings. The van der Waals surface area contributed by atoms with Gasteiger partial charge in [-0.1, -0.05) is 98.1 Å². The average Bonchev–Trinajstić information content (AvgIpc) is 2.47. The summed E-state index contributed by atoms with van der Waals surface area (Å²) in [5.41, 5.74) is 2.56. The molecule has 0 atom stereocenters. The summed E-state index contributed by atoms with van der Waals surface area (Å²) in [5, 5.41) is 3.18. The molecule has 0 aliphatic carbocycles. The van der Waals surface area contributed by atoms with Gasteiger partial charge in [0.05, 0.1) is 5.69 Å². The minimum Gasteiger partial charge on any atom is -0.408 e. The fourth-order valence-electron chi connectivity index (χ4n) is 2.53. The van der Waals surface area contributed by atoms with Crippen LogP contribution in [0.2, 0.25) is 36.3 Å². The molecule has 0 aliphatic heterocycles. The van der Waals surface area contributed by atoms with Gasteiger partial charge in [0.2, 0.25) is 0 Å². The molecular formula is C22H38N2Si2. The first-order valence-corrected chi connectivity index (χ1v) is 15.7. The van der Waals surface area contributed by atoms with E-state index in [-0.39, 0.29) is 10.1 Å². The number of hydrogen-bond donors (Lipinski definition) is 2. The first kappa shape index (κ1) is 21.0. The van der Waals surface area contributed by atoms with Crippen LogP contribution in [0.25, 0.3) is 10.8 Å². The van der Waals surface area contributed by atoms with Crippen LogP contribution in [0.3, 0.4) is 0 Å². The topological polar surface area (TPSA) is 24.1 Å². The Morgan fingerprint density at radius 1 is 0.654 bits per heavy atom. The highest BCUT2D eigenvalue weighted by molar-refractivity contribution is 6.84. The van der Waals surface area contributed by atoms with Gasteiger partial charge in [-0.05, 0) is 21.5 Å². The van der Waals surface area contributed by atoms with Gasteiger partial charge >= 0.3 is 0 Å². The first-order chi connectivity index (χ1) is 11.7. The van der Waals surface area contributed by atoms with E-state index in [4.69, 9.17) is 0 Å². The summed E-state index contributed by atoms with van der Waals surface area (Å²) in [6.45, 7) is 23.9. The summed E-state index contributed by atoms with van der Waals surface area (Å²) < 4.78 is 0. The summed E-state index contributed by atoms with van der Waals surface area (Å²) in [4.78, 5) is 8.03. The number of fused-ring (bicyclic) bond motifs is 1. The highest BCUT2D eigenvalue weighted by Gasteiger charge is 2.39. The molecule has 0 radical (unpaired) electrons. The lowest BCUT2D eigenvalue weighted by molar-refractivity contribution is 0.722. The van der Waals surface area contributed by atoms with E-state index in [1.54, 1.807) is 0 Å². The molecule has 0 saturated heterocycles. The van der Waals surface area contributed by atoms with E-state index >= 15 is 0 Å². The molecule has 2 aromatic rings. The number of anilines is 2. The minimum atomic E-state index is -1.69. The lowest BCUT2D eigenvalue weighted by Gasteiger charge is -2.41. The van der Waals surface area contributed by atoms with Crippen molar-refractivity contribution in [3.8, 4) is 0 Å². The van der Waals surface area contributed by atoms with E-state index in [9.17, 15) is 0 Å². The maximum Gasteiger partial charge on any atom is 0.152 e. The molecule has 0 amide bonds. The van der Waals surface area contributed by atoms with E-state index < -0.39 is 16.5 Å². The molecule has 0 heterocycles. The summed E-state index contributed by atoms with van der Waals surface area (Å²) in [5.74, 6) is 0. The van der Waals surface area contributed by atoms with Gasteiger partial charge in [-0.2, -0.15) is 0 Å². The Morgan fingerprint density at radius 2 is 1.15 bits per heavy atom. The van der Waals surface area contributed by atoms with Crippen molar-refractivity contribution < 1.29 is 0 Å². The van der Waals surface area contributed by atoms with Crippen LogP contribution in [0.5, 0.6) is 0 Å². The molecule has 4 heteroatoms. The molecule has 0 bridgehead atoms. The van der Waals surface area contributed by atoms with Gasteiger partial charge in [0.25, 0.3) is 0 Å². The molecule has 0 spiro atoms. The predicted octanol–water partition coefficient (Wildman–Crippen LogP) is 7.67. The molecule has 144 valence electrons. The van der Waals surface area contributed by atoms with Crippen LogP contribution in [0.1, 0.15) is 41.5 Å². The summed E-state index contributed by atoms with van der Waals surface area (Å²) >= 11 is 0. The summed E-state index contributed by atoms with van der Waals surface area (Å²) in [6.07, 6.45) is 0. The summed E-state index contributed by atoms with van der Waals surface area (Å²) in [7, 11) is -3.35. The van der Waals surface area contributed by atoms with Crippen LogP contribution in [0.4, 0.5) is 11.4 Å². The number of rotatable bonds is 4. The Kier molecular flexibility index (Phi) is 5.44. The van der Waals surface area contributed by atoms with Crippen molar-refractivity contribution in [2.45, 2.75) is 77.8 Å². The molecule has 0 saturated carbocycles. The lowest BCUT2D eigenvalue weighted by Crippen LogP contribution is -2.48. The van der Waals surface area contributed by atoms with Gasteiger partial charge in [-0.25, -0.2) is 0 Å². The van der Waals surface area contributed by atoms with Crippen LogP contribution in [0.15, 0.2) is 36.4 Å². The van der Waals surface area contributed by atoms with Crippen LogP contribution in [0, 0.1) is 0 Å². The van der Waals surface area contributed by atoms with Crippen molar-refractivity contribution in [2.24, 2.45) is 0 Å². The Balaban J connectivity index is 2.61. The van der Waals surface area contributed by atoms with Gasteiger partial charge in [-0.3, -0.25) is 0 Å². The van der Waals surface area contributed by atoms with Gasteiger partial charge < -0.3 is 9.96 Å². The van der Waals surface area contributed by atoms with Gasteiger partial charge in [-0.15, -0.1) is 0 Å². The van der Waals surface area contributed by atoms with E-state index in [0.29, 0.717) is 0 Å². The van der Waals surface area contributed by atoms with Gasteiger partial charge in [0, 0.05) is 11.1 Å². The van der Waals surface area contributed by atoms with Crippen molar-refractivity contribution in [3.63, 3.8) is 0 Å². The monoisotopic (exact) mass is 386 g/mol. The Hall–Kier alpha value is -1.27. The smallest absolute Gasteiger partial charge is 0.152 e. The predicted molar refractivity (Wildman–Crippen MR) is 126 cm³/mol. The largest absolute Gasteiger partial charge is 0.408 e. The third-order valence-electron chi connectivity index (χ3n) is 6.56. The van der Waals surface area contributed by atoms with E-state index in [1.165, 1.54) is 22.1 Å². The second-order valence-corrected chi connectivity index (χ2v) is 20.7. The maximum atomic E-state index is 4.04. The molecular weight excluding hydrogens is 348 g/mol. The standard InChI is InChI=1S/C22H38N2Si2/c1-21(2,3)25(7,8)23-19-16-15-17-13-11-12-14-18(17)20(19)24-26(9,10)22(4,5)6/h11-16,23-24H,1-10H3. The van der Waals surface area contributed by atoms with Crippen molar-refractivity contribution in [1.29, 1.82) is 0 Å². The minimum absolute atomic E-state index is 0.276. The van der Waals surface area contributed by atoms with Gasteiger partial charge in [0.1, 0.15) is 0 Å². The van der Waals surface area contributed by atoms with Gasteiger partial charge in [0.15, 0.2) is 16.5 Å². The fourth-order valence-corrected chi connectivity index (χ4v) is 5.06. The SMILES string of the molecule is CC(C)(C)[Si](C)(C)Nc1ccc2ccccc2c1N[Si](C)(C)C(C)(C)C. The van der Waals surface area contributed by atoms with E-state index in [1.807, 2.05) is 0 Å². The molecule has 2 nitrogen and oxygen atoms in total. The van der Waals surface area contributed by atoms with Crippen LogP contribution in [-0.2, 0) is 0 Å². The molecule has 0 aliphatic rings. The third kappa shape index (κ3) is 4.17. The van der Waals surface area contributed by atoms with Crippen molar-refractivity contribution in [2.75, 3.05) is 9.96 Å². The van der Waals surface area contributed by atoms with E-state index in [0.717, 1.165) is 0 Å². The van der Waals surface area contributed by atoms with Crippen LogP contribution in [-0.4, -0.2) is 16.5 Å². The first-order valence-electron chi connectivity index (χ1n) is 9.74. The molecule has 26 heavy (non-hydrogen) atoms. The van der Waals surface area contributed by atoms with Crippen LogP contribution >= 0.6 is 0 Å². The summed E-state index contributed by atoms with van der Waals surface area (Å²) in [6, 6.07) is 13.3. The zero-order chi connectivity index (χ0) is 20.0. The average molecular weight is 387 g/mol. The van der Waals surface area contributed by atoms with E-state index in [2.05, 4.69) is 114 Å². The maximum absolute atomic E-state index is 4.04.